The van der Waals surface area contributed by atoms with Crippen molar-refractivity contribution in [3.63, 3.8) is 0 Å². The summed E-state index contributed by atoms with van der Waals surface area (Å²) in [6, 6.07) is 9.06. The van der Waals surface area contributed by atoms with Crippen LogP contribution in [0.5, 0.6) is 0 Å². The Balaban J connectivity index is 2.47. The van der Waals surface area contributed by atoms with Gasteiger partial charge in [0.05, 0.1) is 11.4 Å². The second kappa shape index (κ2) is 5.62. The molecule has 6 nitrogen and oxygen atoms in total. The first-order chi connectivity index (χ1) is 9.43. The number of aliphatic hydroxyl groups excluding tert-OH is 2. The number of hydrogen-bond donors (Lipinski definition) is 3. The molecule has 7 heteroatoms. The SMILES string of the molecule is Cc1nn(-c2ccccc2)c(Cl)c1C(O)C(O)C(N)=O. The minimum absolute atomic E-state index is 0.126. The van der Waals surface area contributed by atoms with E-state index in [1.165, 1.54) is 4.68 Å². The molecule has 1 heterocycles. The van der Waals surface area contributed by atoms with Crippen LogP contribution in [0.3, 0.4) is 0 Å². The Morgan fingerprint density at radius 2 is 1.95 bits per heavy atom. The van der Waals surface area contributed by atoms with Gasteiger partial charge in [-0.3, -0.25) is 4.79 Å². The van der Waals surface area contributed by atoms with Gasteiger partial charge >= 0.3 is 0 Å². The van der Waals surface area contributed by atoms with E-state index in [0.29, 0.717) is 11.4 Å². The van der Waals surface area contributed by atoms with Crippen molar-refractivity contribution in [3.05, 3.63) is 46.7 Å². The second-order valence-electron chi connectivity index (χ2n) is 4.33. The van der Waals surface area contributed by atoms with Crippen LogP contribution in [0.1, 0.15) is 17.4 Å². The van der Waals surface area contributed by atoms with Crippen LogP contribution >= 0.6 is 11.6 Å². The van der Waals surface area contributed by atoms with E-state index in [1.807, 2.05) is 18.2 Å². The standard InChI is InChI=1S/C13H14ClN3O3/c1-7-9(10(18)11(19)13(15)20)12(14)17(16-7)8-5-3-2-4-6-8/h2-6,10-11,18-19H,1H3,(H2,15,20). The van der Waals surface area contributed by atoms with E-state index in [1.54, 1.807) is 19.1 Å². The van der Waals surface area contributed by atoms with E-state index in [0.717, 1.165) is 0 Å². The van der Waals surface area contributed by atoms with Gasteiger partial charge in [-0.05, 0) is 19.1 Å². The Bertz CT molecular complexity index is 627. The molecule has 1 amide bonds. The average molecular weight is 296 g/mol. The van der Waals surface area contributed by atoms with Crippen LogP contribution < -0.4 is 5.73 Å². The predicted octanol–water partition coefficient (Wildman–Crippen LogP) is 0.714. The van der Waals surface area contributed by atoms with Crippen LogP contribution in [-0.4, -0.2) is 32.0 Å². The molecule has 0 spiro atoms. The van der Waals surface area contributed by atoms with Gasteiger partial charge < -0.3 is 15.9 Å². The lowest BCUT2D eigenvalue weighted by atomic mass is 10.1. The first-order valence-corrected chi connectivity index (χ1v) is 6.27. The fourth-order valence-corrected chi connectivity index (χ4v) is 2.28. The summed E-state index contributed by atoms with van der Waals surface area (Å²) in [7, 11) is 0. The molecule has 106 valence electrons. The molecule has 0 aliphatic heterocycles. The number of halogens is 1. The van der Waals surface area contributed by atoms with E-state index in [9.17, 15) is 15.0 Å². The Morgan fingerprint density at radius 1 is 1.35 bits per heavy atom. The number of primary amides is 1. The lowest BCUT2D eigenvalue weighted by molar-refractivity contribution is -0.131. The topological polar surface area (TPSA) is 101 Å². The third-order valence-electron chi connectivity index (χ3n) is 2.94. The molecular weight excluding hydrogens is 282 g/mol. The summed E-state index contributed by atoms with van der Waals surface area (Å²) >= 11 is 6.19. The highest BCUT2D eigenvalue weighted by Crippen LogP contribution is 2.30. The van der Waals surface area contributed by atoms with Crippen molar-refractivity contribution in [2.45, 2.75) is 19.1 Å². The number of hydrogen-bond acceptors (Lipinski definition) is 4. The molecule has 0 bridgehead atoms. The Morgan fingerprint density at radius 3 is 2.50 bits per heavy atom. The smallest absolute Gasteiger partial charge is 0.249 e. The lowest BCUT2D eigenvalue weighted by Gasteiger charge is -2.14. The van der Waals surface area contributed by atoms with E-state index in [4.69, 9.17) is 17.3 Å². The molecule has 1 aromatic heterocycles. The lowest BCUT2D eigenvalue weighted by Crippen LogP contribution is -2.34. The first kappa shape index (κ1) is 14.5. The molecule has 0 aliphatic carbocycles. The third kappa shape index (κ3) is 2.53. The molecule has 0 saturated carbocycles. The number of aliphatic hydroxyl groups is 2. The van der Waals surface area contributed by atoms with Crippen molar-refractivity contribution < 1.29 is 15.0 Å². The Hall–Kier alpha value is -1.89. The number of carbonyl (C=O) groups is 1. The number of nitrogens with two attached hydrogens (primary N) is 1. The van der Waals surface area contributed by atoms with Gasteiger partial charge in [0.25, 0.3) is 0 Å². The van der Waals surface area contributed by atoms with Gasteiger partial charge in [0.1, 0.15) is 11.3 Å². The molecule has 2 rings (SSSR count). The van der Waals surface area contributed by atoms with Crippen molar-refractivity contribution in [1.29, 1.82) is 0 Å². The highest BCUT2D eigenvalue weighted by atomic mass is 35.5. The highest BCUT2D eigenvalue weighted by Gasteiger charge is 2.30. The van der Waals surface area contributed by atoms with Crippen molar-refractivity contribution in [2.24, 2.45) is 5.73 Å². The van der Waals surface area contributed by atoms with Gasteiger partial charge in [-0.25, -0.2) is 4.68 Å². The van der Waals surface area contributed by atoms with Crippen LogP contribution in [0.15, 0.2) is 30.3 Å². The van der Waals surface area contributed by atoms with Crippen LogP contribution in [0.4, 0.5) is 0 Å². The minimum atomic E-state index is -1.74. The summed E-state index contributed by atoms with van der Waals surface area (Å²) in [6.45, 7) is 1.62. The molecule has 2 unspecified atom stereocenters. The van der Waals surface area contributed by atoms with E-state index in [-0.39, 0.29) is 10.7 Å². The third-order valence-corrected chi connectivity index (χ3v) is 3.30. The number of rotatable bonds is 4. The van der Waals surface area contributed by atoms with Gasteiger partial charge in [-0.1, -0.05) is 29.8 Å². The van der Waals surface area contributed by atoms with Gasteiger partial charge in [0.15, 0.2) is 6.10 Å². The summed E-state index contributed by atoms with van der Waals surface area (Å²) < 4.78 is 1.42. The Labute approximate surface area is 120 Å². The maximum absolute atomic E-state index is 11.0. The number of amides is 1. The van der Waals surface area contributed by atoms with Gasteiger partial charge in [-0.2, -0.15) is 5.10 Å². The summed E-state index contributed by atoms with van der Waals surface area (Å²) in [5.41, 5.74) is 6.27. The highest BCUT2D eigenvalue weighted by molar-refractivity contribution is 6.30. The fraction of sp³-hybridized carbons (Fsp3) is 0.231. The molecular formula is C13H14ClN3O3. The zero-order chi connectivity index (χ0) is 14.9. The molecule has 20 heavy (non-hydrogen) atoms. The molecule has 0 saturated heterocycles. The average Bonchev–Trinajstić information content (AvgIpc) is 2.73. The molecule has 2 aromatic rings. The zero-order valence-corrected chi connectivity index (χ0v) is 11.4. The number of para-hydroxylation sites is 1. The molecule has 1 aromatic carbocycles. The van der Waals surface area contributed by atoms with Crippen molar-refractivity contribution in [1.82, 2.24) is 9.78 Å². The number of benzene rings is 1. The molecule has 0 fully saturated rings. The second-order valence-corrected chi connectivity index (χ2v) is 4.69. The van der Waals surface area contributed by atoms with Gasteiger partial charge in [0.2, 0.25) is 5.91 Å². The van der Waals surface area contributed by atoms with Crippen molar-refractivity contribution in [2.75, 3.05) is 0 Å². The van der Waals surface area contributed by atoms with Crippen LogP contribution in [0.2, 0.25) is 5.15 Å². The number of nitrogens with zero attached hydrogens (tertiary/aromatic N) is 2. The summed E-state index contributed by atoms with van der Waals surface area (Å²) in [5, 5.41) is 23.9. The predicted molar refractivity (Wildman–Crippen MR) is 73.5 cm³/mol. The summed E-state index contributed by atoms with van der Waals surface area (Å²) in [6.07, 6.45) is -3.25. The quantitative estimate of drug-likeness (QED) is 0.773. The number of aryl methyl sites for hydroxylation is 1. The van der Waals surface area contributed by atoms with E-state index >= 15 is 0 Å². The normalized spacial score (nSPS) is 14.0. The first-order valence-electron chi connectivity index (χ1n) is 5.89. The Kier molecular flexibility index (Phi) is 4.08. The number of aromatic nitrogens is 2. The van der Waals surface area contributed by atoms with Crippen LogP contribution in [-0.2, 0) is 4.79 Å². The zero-order valence-electron chi connectivity index (χ0n) is 10.7. The minimum Gasteiger partial charge on any atom is -0.385 e. The molecule has 4 N–H and O–H groups in total. The summed E-state index contributed by atoms with van der Waals surface area (Å²) in [4.78, 5) is 11.0. The van der Waals surface area contributed by atoms with Crippen LogP contribution in [0.25, 0.3) is 5.69 Å². The monoisotopic (exact) mass is 295 g/mol. The van der Waals surface area contributed by atoms with Crippen molar-refractivity contribution in [3.8, 4) is 5.69 Å². The van der Waals surface area contributed by atoms with Crippen LogP contribution in [0, 0.1) is 6.92 Å². The molecule has 0 aliphatic rings. The van der Waals surface area contributed by atoms with E-state index in [2.05, 4.69) is 5.10 Å². The largest absolute Gasteiger partial charge is 0.385 e. The summed E-state index contributed by atoms with van der Waals surface area (Å²) in [5.74, 6) is -1.03. The van der Waals surface area contributed by atoms with Crippen molar-refractivity contribution >= 4 is 17.5 Å². The molecule has 2 atom stereocenters. The molecule has 0 radical (unpaired) electrons. The van der Waals surface area contributed by atoms with Gasteiger partial charge in [0, 0.05) is 5.56 Å². The maximum Gasteiger partial charge on any atom is 0.249 e. The number of carbonyl (C=O) groups excluding carboxylic acids is 1. The van der Waals surface area contributed by atoms with E-state index < -0.39 is 18.1 Å². The fourth-order valence-electron chi connectivity index (χ4n) is 1.90. The maximum atomic E-state index is 11.0. The van der Waals surface area contributed by atoms with Gasteiger partial charge in [-0.15, -0.1) is 0 Å².